The molecule has 1 aromatic heterocycles. The molecule has 1 aliphatic heterocycles. The second-order valence-electron chi connectivity index (χ2n) is 6.51. The fraction of sp³-hybridized carbons (Fsp3) is 0.526. The first kappa shape index (κ1) is 15.9. The Morgan fingerprint density at radius 3 is 2.96 bits per heavy atom. The highest BCUT2D eigenvalue weighted by atomic mass is 16.5. The van der Waals surface area contributed by atoms with E-state index in [0.29, 0.717) is 5.69 Å². The molecule has 1 fully saturated rings. The minimum atomic E-state index is 0.123. The Labute approximate surface area is 137 Å². The van der Waals surface area contributed by atoms with Gasteiger partial charge in [0.25, 0.3) is 5.91 Å². The summed E-state index contributed by atoms with van der Waals surface area (Å²) in [6, 6.07) is 7.80. The van der Waals surface area contributed by atoms with E-state index in [9.17, 15) is 4.79 Å². The molecular formula is C19H26N2O2. The van der Waals surface area contributed by atoms with E-state index in [1.807, 2.05) is 29.2 Å². The Bertz CT molecular complexity index is 677. The Morgan fingerprint density at radius 1 is 1.30 bits per heavy atom. The number of likely N-dealkylation sites (tertiary alicyclic amines) is 1. The number of hydrogen-bond donors (Lipinski definition) is 1. The molecular weight excluding hydrogens is 288 g/mol. The number of nitrogens with one attached hydrogen (secondary N) is 1. The van der Waals surface area contributed by atoms with Gasteiger partial charge < -0.3 is 14.6 Å². The maximum Gasteiger partial charge on any atom is 0.270 e. The van der Waals surface area contributed by atoms with Crippen LogP contribution in [-0.4, -0.2) is 36.0 Å². The molecule has 23 heavy (non-hydrogen) atoms. The largest absolute Gasteiger partial charge is 0.497 e. The van der Waals surface area contributed by atoms with Gasteiger partial charge in [0.05, 0.1) is 7.11 Å². The summed E-state index contributed by atoms with van der Waals surface area (Å²) in [5.74, 6) is 1.71. The Kier molecular flexibility index (Phi) is 4.89. The van der Waals surface area contributed by atoms with Crippen LogP contribution in [-0.2, 0) is 0 Å². The minimum Gasteiger partial charge on any atom is -0.497 e. The van der Waals surface area contributed by atoms with E-state index in [-0.39, 0.29) is 5.91 Å². The third-order valence-electron chi connectivity index (χ3n) is 4.89. The van der Waals surface area contributed by atoms with Crippen molar-refractivity contribution < 1.29 is 9.53 Å². The Balaban J connectivity index is 1.74. The summed E-state index contributed by atoms with van der Waals surface area (Å²) in [6.45, 7) is 3.99. The number of hydrogen-bond acceptors (Lipinski definition) is 2. The summed E-state index contributed by atoms with van der Waals surface area (Å²) in [5, 5.41) is 1.05. The van der Waals surface area contributed by atoms with Gasteiger partial charge in [-0.1, -0.05) is 19.8 Å². The van der Waals surface area contributed by atoms with Crippen molar-refractivity contribution in [2.45, 2.75) is 39.0 Å². The maximum atomic E-state index is 12.8. The number of carbonyl (C=O) groups excluding carboxylic acids is 1. The second kappa shape index (κ2) is 7.07. The topological polar surface area (TPSA) is 45.3 Å². The van der Waals surface area contributed by atoms with Gasteiger partial charge in [0.15, 0.2) is 0 Å². The monoisotopic (exact) mass is 314 g/mol. The number of rotatable bonds is 4. The summed E-state index contributed by atoms with van der Waals surface area (Å²) in [6.07, 6.45) is 6.02. The summed E-state index contributed by atoms with van der Waals surface area (Å²) < 4.78 is 5.24. The number of aromatic nitrogens is 1. The lowest BCUT2D eigenvalue weighted by molar-refractivity contribution is 0.0755. The number of H-pyrrole nitrogens is 1. The van der Waals surface area contributed by atoms with Gasteiger partial charge in [-0.15, -0.1) is 0 Å². The number of carbonyl (C=O) groups is 1. The van der Waals surface area contributed by atoms with Crippen LogP contribution in [0.2, 0.25) is 0 Å². The molecule has 1 N–H and O–H groups in total. The van der Waals surface area contributed by atoms with E-state index >= 15 is 0 Å². The van der Waals surface area contributed by atoms with Gasteiger partial charge in [-0.05, 0) is 43.4 Å². The van der Waals surface area contributed by atoms with E-state index in [2.05, 4.69) is 11.9 Å². The van der Waals surface area contributed by atoms with Crippen molar-refractivity contribution in [3.05, 3.63) is 30.0 Å². The van der Waals surface area contributed by atoms with Crippen molar-refractivity contribution in [1.29, 1.82) is 0 Å². The molecule has 1 amide bonds. The van der Waals surface area contributed by atoms with E-state index in [1.165, 1.54) is 19.3 Å². The summed E-state index contributed by atoms with van der Waals surface area (Å²) in [7, 11) is 1.65. The molecule has 1 atom stereocenters. The highest BCUT2D eigenvalue weighted by Crippen LogP contribution is 2.25. The number of benzene rings is 1. The van der Waals surface area contributed by atoms with Gasteiger partial charge in [0, 0.05) is 30.1 Å². The van der Waals surface area contributed by atoms with Crippen molar-refractivity contribution in [1.82, 2.24) is 9.88 Å². The van der Waals surface area contributed by atoms with Gasteiger partial charge in [-0.25, -0.2) is 0 Å². The van der Waals surface area contributed by atoms with Crippen LogP contribution in [0.3, 0.4) is 0 Å². The van der Waals surface area contributed by atoms with Crippen molar-refractivity contribution >= 4 is 16.8 Å². The molecule has 0 radical (unpaired) electrons. The van der Waals surface area contributed by atoms with Crippen molar-refractivity contribution in [2.24, 2.45) is 5.92 Å². The zero-order valence-corrected chi connectivity index (χ0v) is 14.1. The van der Waals surface area contributed by atoms with Crippen LogP contribution in [0.5, 0.6) is 5.75 Å². The molecule has 4 nitrogen and oxygen atoms in total. The normalized spacial score (nSPS) is 18.9. The molecule has 0 bridgehead atoms. The quantitative estimate of drug-likeness (QED) is 0.918. The zero-order valence-electron chi connectivity index (χ0n) is 14.1. The van der Waals surface area contributed by atoms with Crippen LogP contribution in [0.15, 0.2) is 24.3 Å². The average molecular weight is 314 g/mol. The smallest absolute Gasteiger partial charge is 0.270 e. The van der Waals surface area contributed by atoms with Crippen molar-refractivity contribution in [2.75, 3.05) is 20.2 Å². The standard InChI is InChI=1S/C19H26N2O2/c1-3-5-14-6-4-10-21(11-9-14)19(22)18-12-15-7-8-16(23-2)13-17(15)20-18/h7-8,12-14,20H,3-6,9-11H2,1-2H3/t14-/m1/s1. The van der Waals surface area contributed by atoms with Gasteiger partial charge in [0.2, 0.25) is 0 Å². The van der Waals surface area contributed by atoms with E-state index in [1.54, 1.807) is 7.11 Å². The molecule has 1 aliphatic rings. The van der Waals surface area contributed by atoms with E-state index in [4.69, 9.17) is 4.74 Å². The van der Waals surface area contributed by atoms with Crippen LogP contribution < -0.4 is 4.74 Å². The number of methoxy groups -OCH3 is 1. The lowest BCUT2D eigenvalue weighted by Gasteiger charge is -2.19. The lowest BCUT2D eigenvalue weighted by Crippen LogP contribution is -2.32. The molecule has 124 valence electrons. The lowest BCUT2D eigenvalue weighted by atomic mass is 9.96. The molecule has 0 saturated carbocycles. The van der Waals surface area contributed by atoms with Gasteiger partial charge in [0.1, 0.15) is 11.4 Å². The zero-order chi connectivity index (χ0) is 16.2. The first-order chi connectivity index (χ1) is 11.2. The molecule has 3 rings (SSSR count). The number of nitrogens with zero attached hydrogens (tertiary/aromatic N) is 1. The summed E-state index contributed by atoms with van der Waals surface area (Å²) in [4.78, 5) is 18.1. The van der Waals surface area contributed by atoms with Gasteiger partial charge in [-0.2, -0.15) is 0 Å². The number of fused-ring (bicyclic) bond motifs is 1. The van der Waals surface area contributed by atoms with Crippen molar-refractivity contribution in [3.63, 3.8) is 0 Å². The summed E-state index contributed by atoms with van der Waals surface area (Å²) >= 11 is 0. The molecule has 1 aromatic carbocycles. The second-order valence-corrected chi connectivity index (χ2v) is 6.51. The number of ether oxygens (including phenoxy) is 1. The van der Waals surface area contributed by atoms with E-state index in [0.717, 1.165) is 48.5 Å². The van der Waals surface area contributed by atoms with Crippen LogP contribution in [0.1, 0.15) is 49.5 Å². The molecule has 0 unspecified atom stereocenters. The number of amides is 1. The van der Waals surface area contributed by atoms with Crippen LogP contribution in [0.4, 0.5) is 0 Å². The third-order valence-corrected chi connectivity index (χ3v) is 4.89. The molecule has 1 saturated heterocycles. The van der Waals surface area contributed by atoms with Crippen molar-refractivity contribution in [3.8, 4) is 5.75 Å². The molecule has 0 spiro atoms. The minimum absolute atomic E-state index is 0.123. The molecule has 2 heterocycles. The van der Waals surface area contributed by atoms with E-state index < -0.39 is 0 Å². The first-order valence-electron chi connectivity index (χ1n) is 8.67. The first-order valence-corrected chi connectivity index (χ1v) is 8.67. The SMILES string of the molecule is CCC[C@@H]1CCCN(C(=O)c2cc3ccc(OC)cc3[nH]2)CC1. The van der Waals surface area contributed by atoms with Crippen LogP contribution in [0.25, 0.3) is 10.9 Å². The van der Waals surface area contributed by atoms with Crippen LogP contribution in [0, 0.1) is 5.92 Å². The molecule has 2 aromatic rings. The average Bonchev–Trinajstić information content (AvgIpc) is 2.86. The molecule has 4 heteroatoms. The summed E-state index contributed by atoms with van der Waals surface area (Å²) in [5.41, 5.74) is 1.63. The van der Waals surface area contributed by atoms with Gasteiger partial charge >= 0.3 is 0 Å². The maximum absolute atomic E-state index is 12.8. The van der Waals surface area contributed by atoms with Crippen LogP contribution >= 0.6 is 0 Å². The highest BCUT2D eigenvalue weighted by Gasteiger charge is 2.22. The predicted octanol–water partition coefficient (Wildman–Crippen LogP) is 4.22. The predicted molar refractivity (Wildman–Crippen MR) is 93.0 cm³/mol. The van der Waals surface area contributed by atoms with Gasteiger partial charge in [-0.3, -0.25) is 4.79 Å². The Morgan fingerprint density at radius 2 is 2.17 bits per heavy atom. The highest BCUT2D eigenvalue weighted by molar-refractivity contribution is 5.98. The number of aromatic amines is 1. The fourth-order valence-electron chi connectivity index (χ4n) is 3.58. The molecule has 0 aliphatic carbocycles. The third kappa shape index (κ3) is 3.52. The fourth-order valence-corrected chi connectivity index (χ4v) is 3.58. The Hall–Kier alpha value is -1.97.